The molecule has 2 aromatic heterocycles. The highest BCUT2D eigenvalue weighted by atomic mass is 32.1. The molecule has 1 amide bonds. The maximum atomic E-state index is 12.4. The van der Waals surface area contributed by atoms with Crippen LogP contribution in [0.1, 0.15) is 26.2 Å². The number of hydrogen-bond donors (Lipinski definition) is 0. The van der Waals surface area contributed by atoms with E-state index in [1.165, 1.54) is 11.3 Å². The van der Waals surface area contributed by atoms with Crippen LogP contribution in [-0.4, -0.2) is 27.6 Å². The Morgan fingerprint density at radius 1 is 1.35 bits per heavy atom. The van der Waals surface area contributed by atoms with Crippen molar-refractivity contribution in [1.29, 1.82) is 0 Å². The Hall–Kier alpha value is -1.82. The predicted molar refractivity (Wildman–Crippen MR) is 78.5 cm³/mol. The minimum Gasteiger partial charge on any atom is -0.287 e. The average molecular weight is 288 g/mol. The summed E-state index contributed by atoms with van der Waals surface area (Å²) in [6.07, 6.45) is 6.63. The molecule has 3 rings (SSSR count). The van der Waals surface area contributed by atoms with E-state index in [9.17, 15) is 4.79 Å². The summed E-state index contributed by atoms with van der Waals surface area (Å²) in [4.78, 5) is 18.1. The van der Waals surface area contributed by atoms with Gasteiger partial charge in [-0.05, 0) is 31.9 Å². The zero-order chi connectivity index (χ0) is 13.9. The van der Waals surface area contributed by atoms with Gasteiger partial charge in [0.1, 0.15) is 5.01 Å². The fourth-order valence-electron chi connectivity index (χ4n) is 2.20. The summed E-state index contributed by atoms with van der Waals surface area (Å²) >= 11 is 1.45. The van der Waals surface area contributed by atoms with Gasteiger partial charge in [-0.15, -0.1) is 10.2 Å². The van der Waals surface area contributed by atoms with Gasteiger partial charge >= 0.3 is 0 Å². The van der Waals surface area contributed by atoms with Gasteiger partial charge in [-0.2, -0.15) is 0 Å². The smallest absolute Gasteiger partial charge is 0.231 e. The first-order chi connectivity index (χ1) is 9.79. The van der Waals surface area contributed by atoms with Crippen molar-refractivity contribution in [2.75, 3.05) is 11.4 Å². The SMILES string of the molecule is CCN(C(=O)C1CCC1)c1nnc(-c2ccncc2)s1. The summed E-state index contributed by atoms with van der Waals surface area (Å²) in [5.74, 6) is 0.374. The van der Waals surface area contributed by atoms with E-state index in [4.69, 9.17) is 0 Å². The lowest BCUT2D eigenvalue weighted by atomic mass is 9.84. The number of hydrogen-bond acceptors (Lipinski definition) is 5. The molecule has 1 saturated carbocycles. The molecule has 5 nitrogen and oxygen atoms in total. The number of aromatic nitrogens is 3. The normalized spacial score (nSPS) is 14.8. The number of amides is 1. The summed E-state index contributed by atoms with van der Waals surface area (Å²) in [5, 5.41) is 9.88. The van der Waals surface area contributed by atoms with Crippen LogP contribution in [0.25, 0.3) is 10.6 Å². The third-order valence-corrected chi connectivity index (χ3v) is 4.60. The Morgan fingerprint density at radius 3 is 2.70 bits per heavy atom. The third kappa shape index (κ3) is 2.43. The van der Waals surface area contributed by atoms with Gasteiger partial charge in [-0.3, -0.25) is 14.7 Å². The molecule has 1 fully saturated rings. The van der Waals surface area contributed by atoms with Gasteiger partial charge in [0.2, 0.25) is 11.0 Å². The minimum absolute atomic E-state index is 0.184. The monoisotopic (exact) mass is 288 g/mol. The first-order valence-corrected chi connectivity index (χ1v) is 7.66. The second-order valence-electron chi connectivity index (χ2n) is 4.84. The highest BCUT2D eigenvalue weighted by Gasteiger charge is 2.31. The maximum Gasteiger partial charge on any atom is 0.231 e. The average Bonchev–Trinajstić information content (AvgIpc) is 2.88. The molecule has 1 aliphatic rings. The van der Waals surface area contributed by atoms with Gasteiger partial charge < -0.3 is 0 Å². The molecule has 0 saturated heterocycles. The van der Waals surface area contributed by atoms with Crippen LogP contribution in [0.4, 0.5) is 5.13 Å². The van der Waals surface area contributed by atoms with E-state index < -0.39 is 0 Å². The zero-order valence-corrected chi connectivity index (χ0v) is 12.1. The van der Waals surface area contributed by atoms with Crippen molar-refractivity contribution in [2.45, 2.75) is 26.2 Å². The standard InChI is InChI=1S/C14H16N4OS/c1-2-18(13(19)11-4-3-5-11)14-17-16-12(20-14)10-6-8-15-9-7-10/h6-9,11H,2-5H2,1H3. The largest absolute Gasteiger partial charge is 0.287 e. The van der Waals surface area contributed by atoms with Crippen LogP contribution in [0.5, 0.6) is 0 Å². The van der Waals surface area contributed by atoms with Gasteiger partial charge in [-0.1, -0.05) is 17.8 Å². The topological polar surface area (TPSA) is 59.0 Å². The summed E-state index contributed by atoms with van der Waals surface area (Å²) in [5.41, 5.74) is 0.982. The number of nitrogens with zero attached hydrogens (tertiary/aromatic N) is 4. The van der Waals surface area contributed by atoms with Crippen LogP contribution in [0.3, 0.4) is 0 Å². The molecule has 6 heteroatoms. The van der Waals surface area contributed by atoms with E-state index in [-0.39, 0.29) is 11.8 Å². The molecule has 2 aromatic rings. The Kier molecular flexibility index (Phi) is 3.73. The molecule has 0 aromatic carbocycles. The molecular weight excluding hydrogens is 272 g/mol. The van der Waals surface area contributed by atoms with Crippen LogP contribution < -0.4 is 4.90 Å². The van der Waals surface area contributed by atoms with Gasteiger partial charge in [0.25, 0.3) is 0 Å². The minimum atomic E-state index is 0.184. The molecule has 0 bridgehead atoms. The number of rotatable bonds is 4. The van der Waals surface area contributed by atoms with Crippen molar-refractivity contribution in [1.82, 2.24) is 15.2 Å². The summed E-state index contributed by atoms with van der Waals surface area (Å²) in [6.45, 7) is 2.62. The van der Waals surface area contributed by atoms with Crippen molar-refractivity contribution >= 4 is 22.4 Å². The quantitative estimate of drug-likeness (QED) is 0.868. The molecule has 0 atom stereocenters. The van der Waals surface area contributed by atoms with Crippen molar-refractivity contribution in [2.24, 2.45) is 5.92 Å². The number of carbonyl (C=O) groups excluding carboxylic acids is 1. The molecule has 1 aliphatic carbocycles. The van der Waals surface area contributed by atoms with Crippen LogP contribution in [-0.2, 0) is 4.79 Å². The van der Waals surface area contributed by atoms with E-state index in [0.29, 0.717) is 11.7 Å². The maximum absolute atomic E-state index is 12.4. The van der Waals surface area contributed by atoms with Crippen molar-refractivity contribution in [3.8, 4) is 10.6 Å². The fraction of sp³-hybridized carbons (Fsp3) is 0.429. The summed E-state index contributed by atoms with van der Waals surface area (Å²) in [6, 6.07) is 3.79. The Bertz CT molecular complexity index is 594. The lowest BCUT2D eigenvalue weighted by Gasteiger charge is -2.29. The van der Waals surface area contributed by atoms with Crippen molar-refractivity contribution < 1.29 is 4.79 Å². The van der Waals surface area contributed by atoms with Gasteiger partial charge in [0.05, 0.1) is 0 Å². The number of anilines is 1. The first-order valence-electron chi connectivity index (χ1n) is 6.85. The predicted octanol–water partition coefficient (Wildman–Crippen LogP) is 2.75. The van der Waals surface area contributed by atoms with E-state index in [1.807, 2.05) is 19.1 Å². The highest BCUT2D eigenvalue weighted by Crippen LogP contribution is 2.33. The second kappa shape index (κ2) is 5.66. The fourth-order valence-corrected chi connectivity index (χ4v) is 3.12. The van der Waals surface area contributed by atoms with Crippen molar-refractivity contribution in [3.63, 3.8) is 0 Å². The van der Waals surface area contributed by atoms with E-state index in [1.54, 1.807) is 17.3 Å². The zero-order valence-electron chi connectivity index (χ0n) is 11.3. The van der Waals surface area contributed by atoms with Crippen LogP contribution in [0, 0.1) is 5.92 Å². The highest BCUT2D eigenvalue weighted by molar-refractivity contribution is 7.18. The van der Waals surface area contributed by atoms with Crippen molar-refractivity contribution in [3.05, 3.63) is 24.5 Å². The molecular formula is C14H16N4OS. The molecule has 20 heavy (non-hydrogen) atoms. The molecule has 0 N–H and O–H groups in total. The molecule has 2 heterocycles. The number of pyridine rings is 1. The van der Waals surface area contributed by atoms with Gasteiger partial charge in [0.15, 0.2) is 0 Å². The Labute approximate surface area is 121 Å². The molecule has 0 radical (unpaired) electrons. The first kappa shape index (κ1) is 13.2. The van der Waals surface area contributed by atoms with Crippen LogP contribution >= 0.6 is 11.3 Å². The lowest BCUT2D eigenvalue weighted by Crippen LogP contribution is -2.38. The van der Waals surface area contributed by atoms with Gasteiger partial charge in [0, 0.05) is 30.4 Å². The van der Waals surface area contributed by atoms with E-state index in [2.05, 4.69) is 15.2 Å². The van der Waals surface area contributed by atoms with E-state index in [0.717, 1.165) is 29.8 Å². The second-order valence-corrected chi connectivity index (χ2v) is 5.79. The number of carbonyl (C=O) groups is 1. The van der Waals surface area contributed by atoms with Crippen LogP contribution in [0.15, 0.2) is 24.5 Å². The molecule has 104 valence electrons. The van der Waals surface area contributed by atoms with Crippen LogP contribution in [0.2, 0.25) is 0 Å². The summed E-state index contributed by atoms with van der Waals surface area (Å²) in [7, 11) is 0. The Balaban J connectivity index is 1.82. The van der Waals surface area contributed by atoms with Gasteiger partial charge in [-0.25, -0.2) is 0 Å². The summed E-state index contributed by atoms with van der Waals surface area (Å²) < 4.78 is 0. The molecule has 0 unspecified atom stereocenters. The van der Waals surface area contributed by atoms with E-state index >= 15 is 0 Å². The molecule has 0 aliphatic heterocycles. The lowest BCUT2D eigenvalue weighted by molar-refractivity contribution is -0.124. The Morgan fingerprint density at radius 2 is 2.10 bits per heavy atom. The third-order valence-electron chi connectivity index (χ3n) is 3.61. The molecule has 0 spiro atoms.